The summed E-state index contributed by atoms with van der Waals surface area (Å²) in [5.41, 5.74) is -0.0174. The molecule has 1 fully saturated rings. The molecule has 1 heterocycles. The van der Waals surface area contributed by atoms with Gasteiger partial charge in [-0.15, -0.1) is 0 Å². The van der Waals surface area contributed by atoms with Crippen molar-refractivity contribution in [2.75, 3.05) is 32.9 Å². The van der Waals surface area contributed by atoms with Gasteiger partial charge in [0, 0.05) is 25.7 Å². The highest BCUT2D eigenvalue weighted by atomic mass is 16.5. The molecule has 0 aliphatic carbocycles. The number of ether oxygens (including phenoxy) is 2. The van der Waals surface area contributed by atoms with Gasteiger partial charge in [-0.2, -0.15) is 0 Å². The molecular weight excluding hydrogens is 214 g/mol. The zero-order valence-corrected chi connectivity index (χ0v) is 12.2. The van der Waals surface area contributed by atoms with Crippen LogP contribution < -0.4 is 0 Å². The van der Waals surface area contributed by atoms with Crippen molar-refractivity contribution in [1.29, 1.82) is 0 Å². The van der Waals surface area contributed by atoms with Gasteiger partial charge in [0.15, 0.2) is 0 Å². The molecule has 0 aromatic rings. The van der Waals surface area contributed by atoms with Gasteiger partial charge < -0.3 is 9.47 Å². The molecule has 0 bridgehead atoms. The third-order valence-electron chi connectivity index (χ3n) is 3.21. The molecule has 102 valence electrons. The van der Waals surface area contributed by atoms with Crippen LogP contribution in [0.25, 0.3) is 0 Å². The van der Waals surface area contributed by atoms with Crippen molar-refractivity contribution >= 4 is 0 Å². The number of morpholine rings is 1. The molecule has 1 rings (SSSR count). The van der Waals surface area contributed by atoms with Crippen molar-refractivity contribution in [3.8, 4) is 0 Å². The van der Waals surface area contributed by atoms with Crippen LogP contribution in [0.15, 0.2) is 0 Å². The fourth-order valence-electron chi connectivity index (χ4n) is 2.21. The molecule has 0 N–H and O–H groups in total. The summed E-state index contributed by atoms with van der Waals surface area (Å²) in [6.07, 6.45) is 1.20. The second-order valence-electron chi connectivity index (χ2n) is 6.26. The van der Waals surface area contributed by atoms with Gasteiger partial charge in [0.05, 0.1) is 18.8 Å². The Balaban J connectivity index is 2.22. The smallest absolute Gasteiger partial charge is 0.0598 e. The summed E-state index contributed by atoms with van der Waals surface area (Å²) >= 11 is 0. The van der Waals surface area contributed by atoms with E-state index in [1.807, 2.05) is 0 Å². The predicted molar refractivity (Wildman–Crippen MR) is 71.3 cm³/mol. The third kappa shape index (κ3) is 6.39. The Morgan fingerprint density at radius 1 is 1.18 bits per heavy atom. The molecule has 2 atom stereocenters. The van der Waals surface area contributed by atoms with Crippen LogP contribution in [0.3, 0.4) is 0 Å². The van der Waals surface area contributed by atoms with Crippen LogP contribution in [-0.2, 0) is 9.47 Å². The van der Waals surface area contributed by atoms with Crippen LogP contribution in [0, 0.1) is 5.92 Å². The maximum Gasteiger partial charge on any atom is 0.0598 e. The van der Waals surface area contributed by atoms with Crippen LogP contribution in [0.4, 0.5) is 0 Å². The minimum Gasteiger partial charge on any atom is -0.379 e. The molecule has 1 saturated heterocycles. The zero-order valence-electron chi connectivity index (χ0n) is 12.2. The molecule has 0 radical (unpaired) electrons. The lowest BCUT2D eigenvalue weighted by atomic mass is 10.0. The summed E-state index contributed by atoms with van der Waals surface area (Å²) in [4.78, 5) is 2.52. The van der Waals surface area contributed by atoms with E-state index < -0.39 is 0 Å². The minimum absolute atomic E-state index is 0.0174. The molecule has 0 spiro atoms. The van der Waals surface area contributed by atoms with Crippen LogP contribution in [0.2, 0.25) is 0 Å². The number of rotatable bonds is 5. The fraction of sp³-hybridized carbons (Fsp3) is 1.00. The van der Waals surface area contributed by atoms with Crippen LogP contribution >= 0.6 is 0 Å². The number of hydrogen-bond donors (Lipinski definition) is 0. The second-order valence-corrected chi connectivity index (χ2v) is 6.26. The van der Waals surface area contributed by atoms with Crippen molar-refractivity contribution in [3.63, 3.8) is 0 Å². The Labute approximate surface area is 106 Å². The van der Waals surface area contributed by atoms with Gasteiger partial charge in [-0.25, -0.2) is 0 Å². The third-order valence-corrected chi connectivity index (χ3v) is 3.21. The molecule has 17 heavy (non-hydrogen) atoms. The van der Waals surface area contributed by atoms with Crippen molar-refractivity contribution in [1.82, 2.24) is 4.90 Å². The highest BCUT2D eigenvalue weighted by Gasteiger charge is 2.20. The number of nitrogens with zero attached hydrogens (tertiary/aromatic N) is 1. The molecular formula is C14H29NO2. The Hall–Kier alpha value is -0.120. The van der Waals surface area contributed by atoms with Gasteiger partial charge in [-0.3, -0.25) is 4.90 Å². The first-order chi connectivity index (χ1) is 7.88. The SMILES string of the molecule is CC(COC(C)(C)C)CC(C)N1CCOCC1. The topological polar surface area (TPSA) is 21.7 Å². The van der Waals surface area contributed by atoms with Crippen molar-refractivity contribution in [2.45, 2.75) is 52.7 Å². The highest BCUT2D eigenvalue weighted by molar-refractivity contribution is 4.72. The lowest BCUT2D eigenvalue weighted by Gasteiger charge is -2.34. The standard InChI is InChI=1S/C14H29NO2/c1-12(11-17-14(3,4)5)10-13(2)15-6-8-16-9-7-15/h12-13H,6-11H2,1-5H3. The molecule has 1 aliphatic heterocycles. The van der Waals surface area contributed by atoms with E-state index in [1.165, 1.54) is 6.42 Å². The van der Waals surface area contributed by atoms with Crippen molar-refractivity contribution in [3.05, 3.63) is 0 Å². The summed E-state index contributed by atoms with van der Waals surface area (Å²) in [6, 6.07) is 0.637. The Morgan fingerprint density at radius 3 is 2.29 bits per heavy atom. The zero-order chi connectivity index (χ0) is 12.9. The highest BCUT2D eigenvalue weighted by Crippen LogP contribution is 2.16. The van der Waals surface area contributed by atoms with E-state index in [9.17, 15) is 0 Å². The summed E-state index contributed by atoms with van der Waals surface area (Å²) in [7, 11) is 0. The lowest BCUT2D eigenvalue weighted by Crippen LogP contribution is -2.43. The average molecular weight is 243 g/mol. The molecule has 3 heteroatoms. The fourth-order valence-corrected chi connectivity index (χ4v) is 2.21. The molecule has 1 aliphatic rings. The molecule has 0 aromatic carbocycles. The Kier molecular flexibility index (Phi) is 5.90. The van der Waals surface area contributed by atoms with Crippen LogP contribution in [0.5, 0.6) is 0 Å². The van der Waals surface area contributed by atoms with E-state index in [0.717, 1.165) is 32.9 Å². The molecule has 0 amide bonds. The van der Waals surface area contributed by atoms with Gasteiger partial charge in [0.2, 0.25) is 0 Å². The van der Waals surface area contributed by atoms with E-state index in [-0.39, 0.29) is 5.60 Å². The molecule has 2 unspecified atom stereocenters. The lowest BCUT2D eigenvalue weighted by molar-refractivity contribution is -0.0288. The van der Waals surface area contributed by atoms with Gasteiger partial charge in [-0.1, -0.05) is 6.92 Å². The van der Waals surface area contributed by atoms with E-state index in [0.29, 0.717) is 12.0 Å². The minimum atomic E-state index is -0.0174. The Morgan fingerprint density at radius 2 is 1.76 bits per heavy atom. The first-order valence-corrected chi connectivity index (χ1v) is 6.84. The second kappa shape index (κ2) is 6.72. The number of hydrogen-bond acceptors (Lipinski definition) is 3. The van der Waals surface area contributed by atoms with Gasteiger partial charge in [0.25, 0.3) is 0 Å². The summed E-state index contributed by atoms with van der Waals surface area (Å²) in [5.74, 6) is 0.618. The summed E-state index contributed by atoms with van der Waals surface area (Å²) in [5, 5.41) is 0. The van der Waals surface area contributed by atoms with Gasteiger partial charge >= 0.3 is 0 Å². The van der Waals surface area contributed by atoms with Crippen LogP contribution in [-0.4, -0.2) is 49.5 Å². The first kappa shape index (κ1) is 14.9. The van der Waals surface area contributed by atoms with Crippen molar-refractivity contribution < 1.29 is 9.47 Å². The van der Waals surface area contributed by atoms with E-state index in [4.69, 9.17) is 9.47 Å². The largest absolute Gasteiger partial charge is 0.379 e. The maximum absolute atomic E-state index is 5.84. The monoisotopic (exact) mass is 243 g/mol. The van der Waals surface area contributed by atoms with Gasteiger partial charge in [-0.05, 0) is 40.0 Å². The quantitative estimate of drug-likeness (QED) is 0.740. The van der Waals surface area contributed by atoms with E-state index in [2.05, 4.69) is 39.5 Å². The van der Waals surface area contributed by atoms with Crippen molar-refractivity contribution in [2.24, 2.45) is 5.92 Å². The van der Waals surface area contributed by atoms with Gasteiger partial charge in [0.1, 0.15) is 0 Å². The Bertz CT molecular complexity index is 207. The summed E-state index contributed by atoms with van der Waals surface area (Å²) in [6.45, 7) is 15.7. The van der Waals surface area contributed by atoms with Crippen LogP contribution in [0.1, 0.15) is 41.0 Å². The molecule has 3 nitrogen and oxygen atoms in total. The summed E-state index contributed by atoms with van der Waals surface area (Å²) < 4.78 is 11.2. The molecule has 0 saturated carbocycles. The molecule has 0 aromatic heterocycles. The normalized spacial score (nSPS) is 22.4. The predicted octanol–water partition coefficient (Wildman–Crippen LogP) is 2.55. The first-order valence-electron chi connectivity index (χ1n) is 6.84. The van der Waals surface area contributed by atoms with E-state index >= 15 is 0 Å². The average Bonchev–Trinajstić information content (AvgIpc) is 2.27. The maximum atomic E-state index is 5.84. The van der Waals surface area contributed by atoms with E-state index in [1.54, 1.807) is 0 Å².